The lowest BCUT2D eigenvalue weighted by molar-refractivity contribution is 0.579. The molecule has 4 heteroatoms. The van der Waals surface area contributed by atoms with E-state index in [0.29, 0.717) is 6.42 Å². The summed E-state index contributed by atoms with van der Waals surface area (Å²) in [5, 5.41) is 6.48. The van der Waals surface area contributed by atoms with E-state index in [1.807, 2.05) is 84.9 Å². The Kier molecular flexibility index (Phi) is 6.24. The fraction of sp³-hybridized carbons (Fsp3) is 0.138. The molecule has 0 spiro atoms. The summed E-state index contributed by atoms with van der Waals surface area (Å²) in [4.78, 5) is 0. The smallest absolute Gasteiger partial charge is 0.150 e. The third-order valence-corrected chi connectivity index (χ3v) is 9.84. The minimum absolute atomic E-state index is 0.158. The summed E-state index contributed by atoms with van der Waals surface area (Å²) in [5.41, 5.74) is 6.48. The number of hydrogen-bond donors (Lipinski definition) is 1. The summed E-state index contributed by atoms with van der Waals surface area (Å²) in [6, 6.07) is 40.7. The molecular weight excluding hydrogens is 423 g/mol. The van der Waals surface area contributed by atoms with Gasteiger partial charge in [0.25, 0.3) is 0 Å². The van der Waals surface area contributed by atoms with Crippen molar-refractivity contribution in [3.05, 3.63) is 132 Å². The fourth-order valence-corrected chi connectivity index (χ4v) is 7.97. The molecule has 0 radical (unpaired) electrons. The van der Waals surface area contributed by atoms with E-state index in [2.05, 4.69) is 41.8 Å². The van der Waals surface area contributed by atoms with Crippen molar-refractivity contribution in [1.29, 1.82) is 0 Å². The molecule has 33 heavy (non-hydrogen) atoms. The van der Waals surface area contributed by atoms with Crippen LogP contribution in [0.3, 0.4) is 0 Å². The van der Waals surface area contributed by atoms with Crippen molar-refractivity contribution in [2.75, 3.05) is 0 Å². The lowest BCUT2D eigenvalue weighted by Crippen LogP contribution is -2.23. The van der Waals surface area contributed by atoms with Gasteiger partial charge in [0.15, 0.2) is 7.14 Å². The Hall–Kier alpha value is -3.42. The maximum absolute atomic E-state index is 15.2. The summed E-state index contributed by atoms with van der Waals surface area (Å²) in [6.45, 7) is 0. The van der Waals surface area contributed by atoms with Crippen LogP contribution >= 0.6 is 7.14 Å². The van der Waals surface area contributed by atoms with Gasteiger partial charge >= 0.3 is 0 Å². The summed E-state index contributed by atoms with van der Waals surface area (Å²) < 4.78 is 15.2. The van der Waals surface area contributed by atoms with Crippen molar-refractivity contribution >= 4 is 23.5 Å². The van der Waals surface area contributed by atoms with Crippen LogP contribution in [0, 0.1) is 0 Å². The minimum atomic E-state index is -3.01. The Morgan fingerprint density at radius 3 is 1.76 bits per heavy atom. The molecule has 0 bridgehead atoms. The van der Waals surface area contributed by atoms with Gasteiger partial charge in [0.2, 0.25) is 0 Å². The molecule has 0 saturated heterocycles. The lowest BCUT2D eigenvalue weighted by atomic mass is 9.99. The van der Waals surface area contributed by atoms with Crippen LogP contribution < -0.4 is 16.0 Å². The zero-order valence-electron chi connectivity index (χ0n) is 18.4. The van der Waals surface area contributed by atoms with Crippen LogP contribution in [0.2, 0.25) is 0 Å². The standard InChI is InChI=1S/C29H27N2OP/c32-33(26-17-9-3-10-18-26,27-19-11-4-12-20-27)29(24-15-7-2-8-16-24)22-25-21-28(31-30-25)23-13-5-1-6-14-23/h1-20,28-29,31H,21-22H2. The van der Waals surface area contributed by atoms with E-state index in [1.54, 1.807) is 0 Å². The number of nitrogens with zero attached hydrogens (tertiary/aromatic N) is 1. The first-order valence-corrected chi connectivity index (χ1v) is 13.1. The van der Waals surface area contributed by atoms with E-state index < -0.39 is 7.14 Å². The van der Waals surface area contributed by atoms with Crippen molar-refractivity contribution in [2.45, 2.75) is 24.5 Å². The molecule has 0 aromatic heterocycles. The monoisotopic (exact) mass is 450 g/mol. The molecule has 0 aliphatic carbocycles. The van der Waals surface area contributed by atoms with Crippen molar-refractivity contribution in [2.24, 2.45) is 5.10 Å². The predicted molar refractivity (Wildman–Crippen MR) is 138 cm³/mol. The Morgan fingerprint density at radius 1 is 0.727 bits per heavy atom. The van der Waals surface area contributed by atoms with Gasteiger partial charge < -0.3 is 9.99 Å². The minimum Gasteiger partial charge on any atom is -0.313 e. The largest absolute Gasteiger partial charge is 0.313 e. The highest BCUT2D eigenvalue weighted by Gasteiger charge is 2.39. The van der Waals surface area contributed by atoms with Crippen LogP contribution in [0.5, 0.6) is 0 Å². The zero-order chi connectivity index (χ0) is 22.5. The third-order valence-electron chi connectivity index (χ3n) is 6.35. The predicted octanol–water partition coefficient (Wildman–Crippen LogP) is 6.22. The van der Waals surface area contributed by atoms with E-state index in [4.69, 9.17) is 5.10 Å². The molecule has 4 aromatic carbocycles. The molecule has 164 valence electrons. The molecule has 3 nitrogen and oxygen atoms in total. The molecule has 0 fully saturated rings. The van der Waals surface area contributed by atoms with Crippen LogP contribution in [-0.4, -0.2) is 5.71 Å². The normalized spacial score (nSPS) is 16.6. The van der Waals surface area contributed by atoms with E-state index in [-0.39, 0.29) is 11.7 Å². The van der Waals surface area contributed by atoms with E-state index in [0.717, 1.165) is 28.3 Å². The molecule has 0 amide bonds. The van der Waals surface area contributed by atoms with Gasteiger partial charge in [-0.15, -0.1) is 0 Å². The molecule has 1 aliphatic heterocycles. The summed E-state index contributed by atoms with van der Waals surface area (Å²) in [5.74, 6) is 0. The van der Waals surface area contributed by atoms with Crippen molar-refractivity contribution in [3.63, 3.8) is 0 Å². The summed E-state index contributed by atoms with van der Waals surface area (Å²) in [6.07, 6.45) is 1.46. The average Bonchev–Trinajstić information content (AvgIpc) is 3.38. The molecule has 4 aromatic rings. The highest BCUT2D eigenvalue weighted by atomic mass is 31.2. The van der Waals surface area contributed by atoms with Crippen LogP contribution in [0.25, 0.3) is 0 Å². The molecule has 1 N–H and O–H groups in total. The first-order chi connectivity index (χ1) is 16.2. The SMILES string of the molecule is O=P(c1ccccc1)(c1ccccc1)C(CC1=NNC(c2ccccc2)C1)c1ccccc1. The Morgan fingerprint density at radius 2 is 1.21 bits per heavy atom. The van der Waals surface area contributed by atoms with Gasteiger partial charge in [0, 0.05) is 29.2 Å². The molecule has 2 unspecified atom stereocenters. The topological polar surface area (TPSA) is 41.5 Å². The molecular formula is C29H27N2OP. The zero-order valence-corrected chi connectivity index (χ0v) is 19.3. The number of nitrogens with one attached hydrogen (secondary N) is 1. The third kappa shape index (κ3) is 4.42. The van der Waals surface area contributed by atoms with Crippen LogP contribution in [0.15, 0.2) is 126 Å². The first-order valence-electron chi connectivity index (χ1n) is 11.4. The van der Waals surface area contributed by atoms with Gasteiger partial charge in [-0.05, 0) is 11.1 Å². The van der Waals surface area contributed by atoms with E-state index in [9.17, 15) is 0 Å². The number of benzene rings is 4. The van der Waals surface area contributed by atoms with Crippen LogP contribution in [-0.2, 0) is 4.57 Å². The van der Waals surface area contributed by atoms with Gasteiger partial charge in [0.05, 0.1) is 11.7 Å². The maximum Gasteiger partial charge on any atom is 0.150 e. The quantitative estimate of drug-likeness (QED) is 0.340. The second-order valence-electron chi connectivity index (χ2n) is 8.43. The second kappa shape index (κ2) is 9.60. The molecule has 5 rings (SSSR count). The summed E-state index contributed by atoms with van der Waals surface area (Å²) >= 11 is 0. The van der Waals surface area contributed by atoms with Crippen molar-refractivity contribution in [3.8, 4) is 0 Å². The summed E-state index contributed by atoms with van der Waals surface area (Å²) in [7, 11) is -3.01. The van der Waals surface area contributed by atoms with Gasteiger partial charge in [-0.3, -0.25) is 0 Å². The molecule has 0 saturated carbocycles. The average molecular weight is 451 g/mol. The second-order valence-corrected chi connectivity index (χ2v) is 11.4. The lowest BCUT2D eigenvalue weighted by Gasteiger charge is -2.29. The fourth-order valence-electron chi connectivity index (χ4n) is 4.67. The Balaban J connectivity index is 1.55. The van der Waals surface area contributed by atoms with E-state index >= 15 is 4.57 Å². The maximum atomic E-state index is 15.2. The first kappa shape index (κ1) is 21.4. The number of hydrazone groups is 1. The Bertz CT molecular complexity index is 1210. The van der Waals surface area contributed by atoms with Crippen molar-refractivity contribution in [1.82, 2.24) is 5.43 Å². The molecule has 1 heterocycles. The number of hydrogen-bond acceptors (Lipinski definition) is 3. The highest BCUT2D eigenvalue weighted by molar-refractivity contribution is 7.79. The van der Waals surface area contributed by atoms with E-state index in [1.165, 1.54) is 5.56 Å². The highest BCUT2D eigenvalue weighted by Crippen LogP contribution is 2.59. The van der Waals surface area contributed by atoms with Crippen LogP contribution in [0.4, 0.5) is 0 Å². The molecule has 1 aliphatic rings. The van der Waals surface area contributed by atoms with Crippen LogP contribution in [0.1, 0.15) is 35.7 Å². The van der Waals surface area contributed by atoms with Gasteiger partial charge in [-0.2, -0.15) is 5.10 Å². The Labute approximate surface area is 195 Å². The molecule has 2 atom stereocenters. The van der Waals surface area contributed by atoms with Gasteiger partial charge in [0.1, 0.15) is 0 Å². The number of rotatable bonds is 7. The van der Waals surface area contributed by atoms with Gasteiger partial charge in [-0.1, -0.05) is 121 Å². The van der Waals surface area contributed by atoms with Crippen molar-refractivity contribution < 1.29 is 4.57 Å². The van der Waals surface area contributed by atoms with Gasteiger partial charge in [-0.25, -0.2) is 0 Å².